The van der Waals surface area contributed by atoms with E-state index in [4.69, 9.17) is 9.15 Å². The van der Waals surface area contributed by atoms with Crippen LogP contribution in [0, 0.1) is 11.3 Å². The van der Waals surface area contributed by atoms with Crippen molar-refractivity contribution in [3.8, 4) is 17.6 Å². The van der Waals surface area contributed by atoms with Crippen LogP contribution in [0.15, 0.2) is 51.4 Å². The van der Waals surface area contributed by atoms with Gasteiger partial charge in [0.1, 0.15) is 17.4 Å². The molecule has 5 heteroatoms. The van der Waals surface area contributed by atoms with Crippen LogP contribution < -0.4 is 4.74 Å². The Morgan fingerprint density at radius 2 is 2.00 bits per heavy atom. The van der Waals surface area contributed by atoms with Crippen molar-refractivity contribution in [3.63, 3.8) is 0 Å². The van der Waals surface area contributed by atoms with Gasteiger partial charge in [-0.3, -0.25) is 0 Å². The van der Waals surface area contributed by atoms with Crippen LogP contribution in [0.5, 0.6) is 11.5 Å². The molecule has 0 N–H and O–H groups in total. The average molecular weight is 407 g/mol. The van der Waals surface area contributed by atoms with Gasteiger partial charge in [-0.2, -0.15) is 5.26 Å². The van der Waals surface area contributed by atoms with Gasteiger partial charge in [-0.15, -0.1) is 0 Å². The van der Waals surface area contributed by atoms with E-state index in [1.165, 1.54) is 0 Å². The number of para-hydroxylation sites is 1. The predicted octanol–water partition coefficient (Wildman–Crippen LogP) is 5.75. The zero-order chi connectivity index (χ0) is 14.8. The number of halogens is 2. The first-order valence-corrected chi connectivity index (χ1v) is 8.08. The van der Waals surface area contributed by atoms with E-state index in [0.29, 0.717) is 22.4 Å². The molecule has 2 aromatic carbocycles. The van der Waals surface area contributed by atoms with Gasteiger partial charge in [0.25, 0.3) is 0 Å². The number of fused-ring (bicyclic) bond motifs is 1. The lowest BCUT2D eigenvalue weighted by atomic mass is 10.2. The highest BCUT2D eigenvalue weighted by Gasteiger charge is 2.17. The van der Waals surface area contributed by atoms with Gasteiger partial charge in [-0.05, 0) is 30.3 Å². The normalized spacial score (nSPS) is 10.5. The molecule has 0 radical (unpaired) electrons. The van der Waals surface area contributed by atoms with Crippen LogP contribution in [-0.4, -0.2) is 0 Å². The Hall–Kier alpha value is -1.77. The van der Waals surface area contributed by atoms with Gasteiger partial charge in [0, 0.05) is 15.4 Å². The minimum absolute atomic E-state index is 0.180. The lowest BCUT2D eigenvalue weighted by Gasteiger charge is -2.09. The molecule has 0 bridgehead atoms. The Morgan fingerprint density at radius 1 is 1.19 bits per heavy atom. The van der Waals surface area contributed by atoms with E-state index in [1.54, 1.807) is 0 Å². The highest BCUT2D eigenvalue weighted by Crippen LogP contribution is 2.37. The number of alkyl halides is 1. The van der Waals surface area contributed by atoms with Crippen molar-refractivity contribution in [2.24, 2.45) is 0 Å². The molecule has 0 aliphatic rings. The summed E-state index contributed by atoms with van der Waals surface area (Å²) in [6.45, 7) is 0. The van der Waals surface area contributed by atoms with Crippen molar-refractivity contribution in [3.05, 3.63) is 58.3 Å². The summed E-state index contributed by atoms with van der Waals surface area (Å²) in [5, 5.41) is 10.7. The molecule has 0 atom stereocenters. The second kappa shape index (κ2) is 5.92. The van der Waals surface area contributed by atoms with Crippen LogP contribution in [0.4, 0.5) is 0 Å². The Balaban J connectivity index is 2.12. The molecule has 1 heterocycles. The van der Waals surface area contributed by atoms with E-state index in [1.807, 2.05) is 48.5 Å². The first-order chi connectivity index (χ1) is 10.2. The summed E-state index contributed by atoms with van der Waals surface area (Å²) in [4.78, 5) is 0. The third-order valence-corrected chi connectivity index (χ3v) is 4.13. The van der Waals surface area contributed by atoms with Crippen LogP contribution in [0.2, 0.25) is 0 Å². The largest absolute Gasteiger partial charge is 0.452 e. The second-order valence-corrected chi connectivity index (χ2v) is 5.83. The monoisotopic (exact) mass is 405 g/mol. The van der Waals surface area contributed by atoms with Crippen molar-refractivity contribution in [1.29, 1.82) is 5.26 Å². The summed E-state index contributed by atoms with van der Waals surface area (Å²) < 4.78 is 12.4. The van der Waals surface area contributed by atoms with Crippen molar-refractivity contribution in [1.82, 2.24) is 0 Å². The zero-order valence-corrected chi connectivity index (χ0v) is 13.9. The summed E-state index contributed by atoms with van der Waals surface area (Å²) >= 11 is 6.88. The van der Waals surface area contributed by atoms with Crippen molar-refractivity contribution >= 4 is 42.8 Å². The Morgan fingerprint density at radius 3 is 2.76 bits per heavy atom. The highest BCUT2D eigenvalue weighted by atomic mass is 79.9. The molecule has 1 aromatic heterocycles. The molecule has 0 saturated heterocycles. The lowest BCUT2D eigenvalue weighted by molar-refractivity contribution is 0.463. The number of hydrogen-bond donors (Lipinski definition) is 0. The van der Waals surface area contributed by atoms with Crippen molar-refractivity contribution in [2.45, 2.75) is 5.33 Å². The van der Waals surface area contributed by atoms with Gasteiger partial charge in [-0.25, -0.2) is 0 Å². The fourth-order valence-electron chi connectivity index (χ4n) is 2.06. The standard InChI is InChI=1S/C16H9Br2NO2/c17-8-10-7-11(18)5-6-13(10)21-16-12-3-1-2-4-14(12)20-15(16)9-19/h1-7H,8H2. The fraction of sp³-hybridized carbons (Fsp3) is 0.0625. The van der Waals surface area contributed by atoms with Gasteiger partial charge >= 0.3 is 0 Å². The second-order valence-electron chi connectivity index (χ2n) is 4.36. The molecule has 3 nitrogen and oxygen atoms in total. The van der Waals surface area contributed by atoms with Crippen LogP contribution in [-0.2, 0) is 5.33 Å². The molecule has 0 aliphatic heterocycles. The molecule has 0 amide bonds. The predicted molar refractivity (Wildman–Crippen MR) is 87.8 cm³/mol. The van der Waals surface area contributed by atoms with Crippen molar-refractivity contribution < 1.29 is 9.15 Å². The summed E-state index contributed by atoms with van der Waals surface area (Å²) in [6, 6.07) is 15.2. The number of ether oxygens (including phenoxy) is 1. The Labute approximate surface area is 138 Å². The quantitative estimate of drug-likeness (QED) is 0.520. The SMILES string of the molecule is N#Cc1oc2ccccc2c1Oc1ccc(Br)cc1CBr. The van der Waals surface area contributed by atoms with E-state index in [0.717, 1.165) is 15.4 Å². The zero-order valence-electron chi connectivity index (χ0n) is 10.8. The minimum atomic E-state index is 0.180. The highest BCUT2D eigenvalue weighted by molar-refractivity contribution is 9.10. The molecule has 0 fully saturated rings. The summed E-state index contributed by atoms with van der Waals surface area (Å²) in [6.07, 6.45) is 0. The van der Waals surface area contributed by atoms with Gasteiger partial charge in [0.2, 0.25) is 5.76 Å². The first kappa shape index (κ1) is 14.2. The maximum atomic E-state index is 9.23. The Kier molecular flexibility index (Phi) is 4.00. The third-order valence-electron chi connectivity index (χ3n) is 3.03. The number of benzene rings is 2. The molecule has 104 valence electrons. The molecule has 0 saturated carbocycles. The maximum absolute atomic E-state index is 9.23. The Bertz CT molecular complexity index is 849. The molecule has 21 heavy (non-hydrogen) atoms. The number of nitrogens with zero attached hydrogens (tertiary/aromatic N) is 1. The fourth-order valence-corrected chi connectivity index (χ4v) is 2.91. The molecule has 0 spiro atoms. The van der Waals surface area contributed by atoms with Crippen LogP contribution in [0.1, 0.15) is 11.3 Å². The number of furan rings is 1. The van der Waals surface area contributed by atoms with Crippen LogP contribution >= 0.6 is 31.9 Å². The number of rotatable bonds is 3. The maximum Gasteiger partial charge on any atom is 0.247 e. The molecule has 3 rings (SSSR count). The van der Waals surface area contributed by atoms with Crippen LogP contribution in [0.3, 0.4) is 0 Å². The van der Waals surface area contributed by atoms with Gasteiger partial charge < -0.3 is 9.15 Å². The summed E-state index contributed by atoms with van der Waals surface area (Å²) in [5.41, 5.74) is 1.63. The summed E-state index contributed by atoms with van der Waals surface area (Å²) in [7, 11) is 0. The first-order valence-electron chi connectivity index (χ1n) is 6.17. The van der Waals surface area contributed by atoms with E-state index in [-0.39, 0.29) is 5.76 Å². The lowest BCUT2D eigenvalue weighted by Crippen LogP contribution is -1.90. The average Bonchev–Trinajstić information content (AvgIpc) is 2.87. The molecule has 0 unspecified atom stereocenters. The third kappa shape index (κ3) is 2.69. The van der Waals surface area contributed by atoms with E-state index >= 15 is 0 Å². The van der Waals surface area contributed by atoms with E-state index < -0.39 is 0 Å². The smallest absolute Gasteiger partial charge is 0.247 e. The van der Waals surface area contributed by atoms with Gasteiger partial charge in [0.15, 0.2) is 5.75 Å². The topological polar surface area (TPSA) is 46.2 Å². The minimum Gasteiger partial charge on any atom is -0.452 e. The van der Waals surface area contributed by atoms with Crippen LogP contribution in [0.25, 0.3) is 11.0 Å². The molecule has 0 aliphatic carbocycles. The van der Waals surface area contributed by atoms with E-state index in [2.05, 4.69) is 31.9 Å². The number of hydrogen-bond acceptors (Lipinski definition) is 3. The molecule has 3 aromatic rings. The van der Waals surface area contributed by atoms with Gasteiger partial charge in [-0.1, -0.05) is 44.0 Å². The summed E-state index contributed by atoms with van der Waals surface area (Å²) in [5.74, 6) is 1.33. The molecular formula is C16H9Br2NO2. The van der Waals surface area contributed by atoms with Gasteiger partial charge in [0.05, 0.1) is 5.39 Å². The molecular weight excluding hydrogens is 398 g/mol. The van der Waals surface area contributed by atoms with Crippen molar-refractivity contribution in [2.75, 3.05) is 0 Å². The number of nitriles is 1. The van der Waals surface area contributed by atoms with E-state index in [9.17, 15) is 5.26 Å².